The van der Waals surface area contributed by atoms with Gasteiger partial charge in [0, 0.05) is 17.2 Å². The number of halogens is 1. The van der Waals surface area contributed by atoms with E-state index in [2.05, 4.69) is 5.32 Å². The molecular formula is C15H17FN2O2S. The number of carbonyl (C=O) groups excluding carboxylic acids is 2. The lowest BCUT2D eigenvalue weighted by Gasteiger charge is -2.19. The average Bonchev–Trinajstić information content (AvgIpc) is 3.02. The molecule has 0 bridgehead atoms. The highest BCUT2D eigenvalue weighted by Crippen LogP contribution is 2.35. The lowest BCUT2D eigenvalue weighted by molar-refractivity contribution is -0.130. The maximum atomic E-state index is 13.5. The quantitative estimate of drug-likeness (QED) is 0.687. The van der Waals surface area contributed by atoms with E-state index in [4.69, 9.17) is 0 Å². The fraction of sp³-hybridized carbons (Fsp3) is 0.467. The minimum Gasteiger partial charge on any atom is -0.323 e. The summed E-state index contributed by atoms with van der Waals surface area (Å²) in [5.41, 5.74) is -0.653. The highest BCUT2D eigenvalue weighted by atomic mass is 32.2. The van der Waals surface area contributed by atoms with E-state index in [0.29, 0.717) is 17.2 Å². The molecule has 6 heteroatoms. The van der Waals surface area contributed by atoms with Crippen molar-refractivity contribution in [2.45, 2.75) is 36.1 Å². The van der Waals surface area contributed by atoms with E-state index < -0.39 is 5.54 Å². The molecule has 0 unspecified atom stereocenters. The van der Waals surface area contributed by atoms with Gasteiger partial charge in [0.1, 0.15) is 11.4 Å². The molecular weight excluding hydrogens is 291 g/mol. The summed E-state index contributed by atoms with van der Waals surface area (Å²) >= 11 is 1.32. The largest absolute Gasteiger partial charge is 0.325 e. The van der Waals surface area contributed by atoms with Gasteiger partial charge < -0.3 is 5.32 Å². The Morgan fingerprint density at radius 2 is 1.95 bits per heavy atom. The van der Waals surface area contributed by atoms with E-state index in [9.17, 15) is 14.0 Å². The van der Waals surface area contributed by atoms with E-state index in [0.717, 1.165) is 25.7 Å². The fourth-order valence-electron chi connectivity index (χ4n) is 3.01. The van der Waals surface area contributed by atoms with Crippen LogP contribution in [0.15, 0.2) is 29.2 Å². The van der Waals surface area contributed by atoms with Crippen LogP contribution >= 0.6 is 11.8 Å². The summed E-state index contributed by atoms with van der Waals surface area (Å²) in [6.07, 6.45) is 3.41. The Bertz CT molecular complexity index is 573. The van der Waals surface area contributed by atoms with Gasteiger partial charge in [-0.3, -0.25) is 9.69 Å². The summed E-state index contributed by atoms with van der Waals surface area (Å²) in [6, 6.07) is 6.21. The average molecular weight is 308 g/mol. The Balaban J connectivity index is 1.59. The zero-order valence-electron chi connectivity index (χ0n) is 11.6. The Morgan fingerprint density at radius 3 is 2.67 bits per heavy atom. The number of thioether (sulfide) groups is 1. The van der Waals surface area contributed by atoms with Gasteiger partial charge in [-0.1, -0.05) is 25.0 Å². The normalized spacial score (nSPS) is 20.3. The zero-order chi connectivity index (χ0) is 14.9. The number of urea groups is 1. The first-order valence-corrected chi connectivity index (χ1v) is 8.12. The minimum absolute atomic E-state index is 0.112. The van der Waals surface area contributed by atoms with E-state index in [1.807, 2.05) is 0 Å². The van der Waals surface area contributed by atoms with Gasteiger partial charge in [0.15, 0.2) is 0 Å². The molecule has 0 aromatic heterocycles. The Morgan fingerprint density at radius 1 is 1.24 bits per heavy atom. The smallest absolute Gasteiger partial charge is 0.323 e. The summed E-state index contributed by atoms with van der Waals surface area (Å²) in [7, 11) is 0. The number of hydrogen-bond donors (Lipinski definition) is 1. The van der Waals surface area contributed by atoms with Crippen LogP contribution in [0, 0.1) is 5.82 Å². The van der Waals surface area contributed by atoms with Gasteiger partial charge in [0.2, 0.25) is 0 Å². The van der Waals surface area contributed by atoms with Crippen LogP contribution in [-0.2, 0) is 4.79 Å². The molecule has 4 nitrogen and oxygen atoms in total. The predicted octanol–water partition coefficient (Wildman–Crippen LogP) is 2.78. The van der Waals surface area contributed by atoms with Crippen LogP contribution in [-0.4, -0.2) is 34.7 Å². The molecule has 0 atom stereocenters. The van der Waals surface area contributed by atoms with Crippen LogP contribution in [0.5, 0.6) is 0 Å². The molecule has 1 heterocycles. The highest BCUT2D eigenvalue weighted by molar-refractivity contribution is 7.99. The Hall–Kier alpha value is -1.56. The van der Waals surface area contributed by atoms with Crippen molar-refractivity contribution in [2.24, 2.45) is 0 Å². The number of nitrogens with zero attached hydrogens (tertiary/aromatic N) is 1. The van der Waals surface area contributed by atoms with Gasteiger partial charge in [-0.05, 0) is 25.0 Å². The van der Waals surface area contributed by atoms with Crippen molar-refractivity contribution < 1.29 is 14.0 Å². The van der Waals surface area contributed by atoms with E-state index in [1.165, 1.54) is 22.7 Å². The Labute approximate surface area is 127 Å². The minimum atomic E-state index is -0.653. The summed E-state index contributed by atoms with van der Waals surface area (Å²) in [5, 5.41) is 2.84. The van der Waals surface area contributed by atoms with Gasteiger partial charge in [0.25, 0.3) is 5.91 Å². The molecule has 1 N–H and O–H groups in total. The van der Waals surface area contributed by atoms with Gasteiger partial charge >= 0.3 is 6.03 Å². The predicted molar refractivity (Wildman–Crippen MR) is 78.6 cm³/mol. The van der Waals surface area contributed by atoms with Crippen molar-refractivity contribution >= 4 is 23.7 Å². The van der Waals surface area contributed by atoms with Gasteiger partial charge in [0.05, 0.1) is 0 Å². The molecule has 2 fully saturated rings. The van der Waals surface area contributed by atoms with Crippen molar-refractivity contribution in [3.05, 3.63) is 30.1 Å². The third-order valence-electron chi connectivity index (χ3n) is 4.11. The van der Waals surface area contributed by atoms with Crippen molar-refractivity contribution in [3.63, 3.8) is 0 Å². The number of amides is 3. The molecule has 1 saturated heterocycles. The number of hydrogen-bond acceptors (Lipinski definition) is 3. The first kappa shape index (κ1) is 14.4. The van der Waals surface area contributed by atoms with Crippen LogP contribution in [0.1, 0.15) is 25.7 Å². The van der Waals surface area contributed by atoms with Crippen molar-refractivity contribution in [2.75, 3.05) is 12.3 Å². The molecule has 21 heavy (non-hydrogen) atoms. The monoisotopic (exact) mass is 308 g/mol. The van der Waals surface area contributed by atoms with Gasteiger partial charge in [-0.2, -0.15) is 0 Å². The molecule has 3 rings (SSSR count). The van der Waals surface area contributed by atoms with Gasteiger partial charge in [-0.25, -0.2) is 9.18 Å². The highest BCUT2D eigenvalue weighted by Gasteiger charge is 2.52. The Kier molecular flexibility index (Phi) is 3.89. The topological polar surface area (TPSA) is 49.4 Å². The van der Waals surface area contributed by atoms with Crippen LogP contribution in [0.3, 0.4) is 0 Å². The lowest BCUT2D eigenvalue weighted by atomic mass is 9.98. The van der Waals surface area contributed by atoms with Crippen LogP contribution in [0.25, 0.3) is 0 Å². The number of imide groups is 1. The van der Waals surface area contributed by atoms with Crippen LogP contribution in [0.4, 0.5) is 9.18 Å². The number of nitrogens with one attached hydrogen (secondary N) is 1. The fourth-order valence-corrected chi connectivity index (χ4v) is 3.88. The summed E-state index contributed by atoms with van der Waals surface area (Å²) in [5.74, 6) is 0.113. The first-order chi connectivity index (χ1) is 10.1. The number of rotatable bonds is 4. The molecule has 2 aliphatic rings. The van der Waals surface area contributed by atoms with E-state index >= 15 is 0 Å². The standard InChI is InChI=1S/C15H17FN2O2S/c16-11-5-1-2-6-12(11)21-10-9-18-13(19)15(17-14(18)20)7-3-4-8-15/h1-2,5-6H,3-4,7-10H2,(H,17,20). The molecule has 1 aliphatic carbocycles. The maximum absolute atomic E-state index is 13.5. The maximum Gasteiger partial charge on any atom is 0.325 e. The molecule has 1 spiro atoms. The molecule has 3 amide bonds. The molecule has 1 aromatic carbocycles. The van der Waals surface area contributed by atoms with E-state index in [-0.39, 0.29) is 17.8 Å². The SMILES string of the molecule is O=C1NC2(CCCC2)C(=O)N1CCSc1ccccc1F. The number of benzene rings is 1. The lowest BCUT2D eigenvalue weighted by Crippen LogP contribution is -2.44. The van der Waals surface area contributed by atoms with E-state index in [1.54, 1.807) is 18.2 Å². The van der Waals surface area contributed by atoms with Crippen LogP contribution < -0.4 is 5.32 Å². The third-order valence-corrected chi connectivity index (χ3v) is 5.14. The van der Waals surface area contributed by atoms with Crippen molar-refractivity contribution in [3.8, 4) is 0 Å². The molecule has 1 aliphatic heterocycles. The molecule has 0 radical (unpaired) electrons. The first-order valence-electron chi connectivity index (χ1n) is 7.14. The van der Waals surface area contributed by atoms with Crippen molar-refractivity contribution in [1.29, 1.82) is 0 Å². The van der Waals surface area contributed by atoms with Gasteiger partial charge in [-0.15, -0.1) is 11.8 Å². The molecule has 1 aromatic rings. The third kappa shape index (κ3) is 2.64. The second kappa shape index (κ2) is 5.67. The summed E-state index contributed by atoms with van der Waals surface area (Å²) in [6.45, 7) is 0.311. The van der Waals surface area contributed by atoms with Crippen molar-refractivity contribution in [1.82, 2.24) is 10.2 Å². The number of carbonyl (C=O) groups is 2. The second-order valence-corrected chi connectivity index (χ2v) is 6.59. The summed E-state index contributed by atoms with van der Waals surface area (Å²) < 4.78 is 13.5. The summed E-state index contributed by atoms with van der Waals surface area (Å²) in [4.78, 5) is 26.2. The molecule has 1 saturated carbocycles. The molecule has 112 valence electrons. The zero-order valence-corrected chi connectivity index (χ0v) is 12.4. The second-order valence-electron chi connectivity index (χ2n) is 5.46. The van der Waals surface area contributed by atoms with Crippen LogP contribution in [0.2, 0.25) is 0 Å².